The Morgan fingerprint density at radius 2 is 1.95 bits per heavy atom. The minimum absolute atomic E-state index is 0.120. The van der Waals surface area contributed by atoms with Gasteiger partial charge in [0.15, 0.2) is 0 Å². The molecule has 1 saturated carbocycles. The molecule has 1 aliphatic carbocycles. The molecule has 1 amide bonds. The van der Waals surface area contributed by atoms with Gasteiger partial charge in [-0.1, -0.05) is 6.07 Å². The van der Waals surface area contributed by atoms with Crippen molar-refractivity contribution in [3.63, 3.8) is 0 Å². The summed E-state index contributed by atoms with van der Waals surface area (Å²) in [6.45, 7) is 0. The van der Waals surface area contributed by atoms with Crippen molar-refractivity contribution >= 4 is 5.91 Å². The van der Waals surface area contributed by atoms with E-state index in [9.17, 15) is 13.6 Å². The summed E-state index contributed by atoms with van der Waals surface area (Å²) in [4.78, 5) is 15.4. The molecule has 1 fully saturated rings. The van der Waals surface area contributed by atoms with E-state index in [0.717, 1.165) is 24.6 Å². The third-order valence-corrected chi connectivity index (χ3v) is 3.42. The fourth-order valence-corrected chi connectivity index (χ4v) is 2.14. The number of nitrogens with zero attached hydrogens (tertiary/aromatic N) is 1. The maximum Gasteiger partial charge on any atom is 0.251 e. The highest BCUT2D eigenvalue weighted by Crippen LogP contribution is 2.39. The Hall–Kier alpha value is -2.30. The van der Waals surface area contributed by atoms with Crippen LogP contribution in [0, 0.1) is 11.6 Å². The lowest BCUT2D eigenvalue weighted by molar-refractivity contribution is 0.0996. The molecule has 0 radical (unpaired) electrons. The van der Waals surface area contributed by atoms with Crippen LogP contribution >= 0.6 is 0 Å². The molecule has 3 rings (SSSR count). The van der Waals surface area contributed by atoms with Crippen LogP contribution < -0.4 is 5.73 Å². The van der Waals surface area contributed by atoms with Gasteiger partial charge in [-0.3, -0.25) is 9.78 Å². The van der Waals surface area contributed by atoms with E-state index in [1.54, 1.807) is 6.07 Å². The first-order valence-corrected chi connectivity index (χ1v) is 6.31. The molecule has 0 bridgehead atoms. The van der Waals surface area contributed by atoms with Crippen molar-refractivity contribution in [2.24, 2.45) is 5.73 Å². The molecular formula is C15H12F2N2O. The number of halogens is 2. The zero-order chi connectivity index (χ0) is 14.3. The summed E-state index contributed by atoms with van der Waals surface area (Å²) in [7, 11) is 0. The summed E-state index contributed by atoms with van der Waals surface area (Å²) < 4.78 is 27.2. The molecule has 5 heteroatoms. The van der Waals surface area contributed by atoms with E-state index in [2.05, 4.69) is 4.98 Å². The Morgan fingerprint density at radius 3 is 2.50 bits per heavy atom. The predicted octanol–water partition coefficient (Wildman–Crippen LogP) is 3.00. The number of nitrogens with two attached hydrogens (primary N) is 1. The number of amides is 1. The van der Waals surface area contributed by atoms with Crippen LogP contribution in [0.4, 0.5) is 8.78 Å². The van der Waals surface area contributed by atoms with Crippen LogP contribution in [-0.2, 0) is 0 Å². The normalized spacial score (nSPS) is 14.3. The third-order valence-electron chi connectivity index (χ3n) is 3.42. The van der Waals surface area contributed by atoms with Crippen LogP contribution in [-0.4, -0.2) is 10.9 Å². The molecule has 0 unspecified atom stereocenters. The number of pyridine rings is 1. The second-order valence-corrected chi connectivity index (χ2v) is 4.92. The highest BCUT2D eigenvalue weighted by molar-refractivity contribution is 5.94. The highest BCUT2D eigenvalue weighted by atomic mass is 19.1. The Balaban J connectivity index is 2.03. The molecule has 20 heavy (non-hydrogen) atoms. The third kappa shape index (κ3) is 2.27. The molecule has 102 valence electrons. The number of primary amides is 1. The van der Waals surface area contributed by atoms with E-state index in [0.29, 0.717) is 17.5 Å². The Morgan fingerprint density at radius 1 is 1.20 bits per heavy atom. The molecule has 1 aliphatic rings. The first kappa shape index (κ1) is 12.7. The quantitative estimate of drug-likeness (QED) is 0.935. The van der Waals surface area contributed by atoms with Crippen molar-refractivity contribution in [1.29, 1.82) is 0 Å². The topological polar surface area (TPSA) is 56.0 Å². The van der Waals surface area contributed by atoms with Crippen molar-refractivity contribution in [1.82, 2.24) is 4.98 Å². The van der Waals surface area contributed by atoms with Gasteiger partial charge in [0.05, 0.1) is 5.56 Å². The fraction of sp³-hybridized carbons (Fsp3) is 0.200. The highest BCUT2D eigenvalue weighted by Gasteiger charge is 2.24. The monoisotopic (exact) mass is 274 g/mol. The maximum atomic E-state index is 13.8. The van der Waals surface area contributed by atoms with Gasteiger partial charge in [-0.15, -0.1) is 0 Å². The lowest BCUT2D eigenvalue weighted by Gasteiger charge is -2.07. The van der Waals surface area contributed by atoms with Crippen molar-refractivity contribution < 1.29 is 13.6 Å². The molecule has 0 spiro atoms. The molecule has 1 aromatic heterocycles. The van der Waals surface area contributed by atoms with Crippen molar-refractivity contribution in [2.45, 2.75) is 18.8 Å². The van der Waals surface area contributed by atoms with Crippen molar-refractivity contribution in [3.05, 3.63) is 53.4 Å². The Labute approximate surface area is 114 Å². The zero-order valence-electron chi connectivity index (χ0n) is 10.6. The number of benzene rings is 1. The summed E-state index contributed by atoms with van der Waals surface area (Å²) in [6.07, 6.45) is 3.79. The van der Waals surface area contributed by atoms with Crippen LogP contribution in [0.15, 0.2) is 30.5 Å². The molecule has 0 saturated heterocycles. The standard InChI is InChI=1S/C15H12F2N2O/c16-12-6-13(17)11(15(18)20)5-10(12)9-3-4-14(19-7-9)8-1-2-8/h3-8H,1-2H2,(H2,18,20). The first-order valence-electron chi connectivity index (χ1n) is 6.31. The van der Waals surface area contributed by atoms with E-state index in [1.165, 1.54) is 6.20 Å². The molecule has 2 aromatic rings. The molecule has 1 heterocycles. The fourth-order valence-electron chi connectivity index (χ4n) is 2.14. The van der Waals surface area contributed by atoms with E-state index < -0.39 is 17.5 Å². The van der Waals surface area contributed by atoms with Crippen molar-refractivity contribution in [2.75, 3.05) is 0 Å². The molecule has 3 nitrogen and oxygen atoms in total. The minimum Gasteiger partial charge on any atom is -0.366 e. The number of rotatable bonds is 3. The van der Waals surface area contributed by atoms with Crippen LogP contribution in [0.1, 0.15) is 34.8 Å². The summed E-state index contributed by atoms with van der Waals surface area (Å²) in [6, 6.07) is 5.35. The average molecular weight is 274 g/mol. The van der Waals surface area contributed by atoms with E-state index in [-0.39, 0.29) is 11.1 Å². The maximum absolute atomic E-state index is 13.8. The van der Waals surface area contributed by atoms with Gasteiger partial charge in [-0.25, -0.2) is 8.78 Å². The van der Waals surface area contributed by atoms with Gasteiger partial charge in [0.2, 0.25) is 0 Å². The Bertz CT molecular complexity index is 679. The molecular weight excluding hydrogens is 262 g/mol. The smallest absolute Gasteiger partial charge is 0.251 e. The molecule has 0 atom stereocenters. The number of aromatic nitrogens is 1. The SMILES string of the molecule is NC(=O)c1cc(-c2ccc(C3CC3)nc2)c(F)cc1F. The van der Waals surface area contributed by atoms with Gasteiger partial charge >= 0.3 is 0 Å². The van der Waals surface area contributed by atoms with E-state index >= 15 is 0 Å². The number of hydrogen-bond donors (Lipinski definition) is 1. The number of hydrogen-bond acceptors (Lipinski definition) is 2. The Kier molecular flexibility index (Phi) is 2.97. The summed E-state index contributed by atoms with van der Waals surface area (Å²) in [5.74, 6) is -2.12. The summed E-state index contributed by atoms with van der Waals surface area (Å²) in [5, 5.41) is 0. The van der Waals surface area contributed by atoms with Crippen molar-refractivity contribution in [3.8, 4) is 11.1 Å². The van der Waals surface area contributed by atoms with Gasteiger partial charge in [0, 0.05) is 35.0 Å². The zero-order valence-corrected chi connectivity index (χ0v) is 10.6. The lowest BCUT2D eigenvalue weighted by atomic mass is 10.0. The van der Waals surface area contributed by atoms with Gasteiger partial charge < -0.3 is 5.73 Å². The van der Waals surface area contributed by atoms with Gasteiger partial charge in [0.1, 0.15) is 11.6 Å². The van der Waals surface area contributed by atoms with Gasteiger partial charge in [-0.05, 0) is 25.0 Å². The van der Waals surface area contributed by atoms with Crippen LogP contribution in [0.25, 0.3) is 11.1 Å². The van der Waals surface area contributed by atoms with Gasteiger partial charge in [0.25, 0.3) is 5.91 Å². The first-order chi connectivity index (χ1) is 9.56. The largest absolute Gasteiger partial charge is 0.366 e. The second kappa shape index (κ2) is 4.67. The average Bonchev–Trinajstić information content (AvgIpc) is 3.23. The predicted molar refractivity (Wildman–Crippen MR) is 70.1 cm³/mol. The molecule has 1 aromatic carbocycles. The van der Waals surface area contributed by atoms with Crippen LogP contribution in [0.3, 0.4) is 0 Å². The van der Waals surface area contributed by atoms with Gasteiger partial charge in [-0.2, -0.15) is 0 Å². The second-order valence-electron chi connectivity index (χ2n) is 4.92. The van der Waals surface area contributed by atoms with Crippen LogP contribution in [0.5, 0.6) is 0 Å². The number of carbonyl (C=O) groups excluding carboxylic acids is 1. The minimum atomic E-state index is -0.957. The van der Waals surface area contributed by atoms with Crippen LogP contribution in [0.2, 0.25) is 0 Å². The molecule has 2 N–H and O–H groups in total. The molecule has 0 aliphatic heterocycles. The van der Waals surface area contributed by atoms with E-state index in [4.69, 9.17) is 5.73 Å². The van der Waals surface area contributed by atoms with E-state index in [1.807, 2.05) is 6.07 Å². The summed E-state index contributed by atoms with van der Waals surface area (Å²) >= 11 is 0. The number of carbonyl (C=O) groups is 1. The summed E-state index contributed by atoms with van der Waals surface area (Å²) in [5.41, 5.74) is 6.33. The lowest BCUT2D eigenvalue weighted by Crippen LogP contribution is -2.13.